The van der Waals surface area contributed by atoms with Crippen LogP contribution in [0, 0.1) is 0 Å². The lowest BCUT2D eigenvalue weighted by molar-refractivity contribution is -0.136. The molecule has 80 valence electrons. The van der Waals surface area contributed by atoms with Gasteiger partial charge in [0.25, 0.3) is 0 Å². The molecule has 0 amide bonds. The lowest BCUT2D eigenvalue weighted by atomic mass is 10.1. The van der Waals surface area contributed by atoms with Gasteiger partial charge in [-0.25, -0.2) is 0 Å². The quantitative estimate of drug-likeness (QED) is 0.803. The summed E-state index contributed by atoms with van der Waals surface area (Å²) in [6.07, 6.45) is -0.363. The van der Waals surface area contributed by atoms with Crippen LogP contribution >= 0.6 is 11.6 Å². The van der Waals surface area contributed by atoms with Gasteiger partial charge in [-0.1, -0.05) is 11.6 Å². The van der Waals surface area contributed by atoms with E-state index in [1.165, 1.54) is 6.07 Å². The Morgan fingerprint density at radius 1 is 1.53 bits per heavy atom. The molecule has 0 radical (unpaired) electrons. The molecule has 1 aliphatic rings. The molecule has 1 aromatic carbocycles. The zero-order chi connectivity index (χ0) is 11.0. The average Bonchev–Trinajstić information content (AvgIpc) is 2.59. The van der Waals surface area contributed by atoms with Crippen molar-refractivity contribution in [3.8, 4) is 17.2 Å². The van der Waals surface area contributed by atoms with Crippen LogP contribution in [0.1, 0.15) is 5.56 Å². The van der Waals surface area contributed by atoms with Gasteiger partial charge in [0.1, 0.15) is 5.75 Å². The SMILES string of the molecule is O=C(O)Cc1c(O)c(Cl)cc2c1OCO2. The summed E-state index contributed by atoms with van der Waals surface area (Å²) in [6.45, 7) is 0.00172. The lowest BCUT2D eigenvalue weighted by Crippen LogP contribution is -2.02. The first-order valence-corrected chi connectivity index (χ1v) is 4.49. The monoisotopic (exact) mass is 230 g/mol. The van der Waals surface area contributed by atoms with E-state index in [-0.39, 0.29) is 35.3 Å². The smallest absolute Gasteiger partial charge is 0.308 e. The number of phenols is 1. The number of fused-ring (bicyclic) bond motifs is 1. The zero-order valence-electron chi connectivity index (χ0n) is 7.49. The van der Waals surface area contributed by atoms with Crippen molar-refractivity contribution in [3.05, 3.63) is 16.7 Å². The van der Waals surface area contributed by atoms with Crippen molar-refractivity contribution in [1.29, 1.82) is 0 Å². The van der Waals surface area contributed by atoms with E-state index in [2.05, 4.69) is 0 Å². The Kier molecular flexibility index (Phi) is 2.32. The molecule has 15 heavy (non-hydrogen) atoms. The number of ether oxygens (including phenoxy) is 2. The van der Waals surface area contributed by atoms with Crippen LogP contribution in [0.25, 0.3) is 0 Å². The van der Waals surface area contributed by atoms with Crippen LogP contribution < -0.4 is 9.47 Å². The van der Waals surface area contributed by atoms with Crippen LogP contribution in [0.5, 0.6) is 17.2 Å². The van der Waals surface area contributed by atoms with Crippen molar-refractivity contribution in [2.75, 3.05) is 6.79 Å². The van der Waals surface area contributed by atoms with Gasteiger partial charge >= 0.3 is 5.97 Å². The lowest BCUT2D eigenvalue weighted by Gasteiger charge is -2.07. The average molecular weight is 231 g/mol. The third-order valence-corrected chi connectivity index (χ3v) is 2.30. The summed E-state index contributed by atoms with van der Waals surface area (Å²) in [6, 6.07) is 1.39. The van der Waals surface area contributed by atoms with Crippen LogP contribution in [0.4, 0.5) is 0 Å². The Morgan fingerprint density at radius 2 is 2.27 bits per heavy atom. The Hall–Kier alpha value is -1.62. The Balaban J connectivity index is 2.55. The number of halogens is 1. The van der Waals surface area contributed by atoms with Gasteiger partial charge < -0.3 is 19.7 Å². The second kappa shape index (κ2) is 3.51. The second-order valence-corrected chi connectivity index (χ2v) is 3.40. The highest BCUT2D eigenvalue weighted by Gasteiger charge is 2.24. The highest BCUT2D eigenvalue weighted by atomic mass is 35.5. The Morgan fingerprint density at radius 3 is 2.93 bits per heavy atom. The molecule has 5 nitrogen and oxygen atoms in total. The minimum Gasteiger partial charge on any atom is -0.506 e. The van der Waals surface area contributed by atoms with Crippen LogP contribution in [0.2, 0.25) is 5.02 Å². The minimum absolute atomic E-state index is 0.00172. The number of carboxylic acid groups (broad SMARTS) is 1. The predicted octanol–water partition coefficient (Wildman–Crippen LogP) is 1.40. The molecule has 2 rings (SSSR count). The topological polar surface area (TPSA) is 76.0 Å². The number of phenolic OH excluding ortho intramolecular Hbond substituents is 1. The molecule has 1 aliphatic heterocycles. The highest BCUT2D eigenvalue weighted by Crippen LogP contribution is 2.44. The van der Waals surface area contributed by atoms with E-state index in [9.17, 15) is 9.90 Å². The van der Waals surface area contributed by atoms with Gasteiger partial charge in [0.05, 0.1) is 17.0 Å². The van der Waals surface area contributed by atoms with E-state index in [4.69, 9.17) is 26.2 Å². The summed E-state index contributed by atoms with van der Waals surface area (Å²) in [7, 11) is 0. The number of hydrogen-bond acceptors (Lipinski definition) is 4. The predicted molar refractivity (Wildman–Crippen MR) is 50.6 cm³/mol. The molecule has 1 heterocycles. The summed E-state index contributed by atoms with van der Waals surface area (Å²) in [5, 5.41) is 18.3. The first kappa shape index (κ1) is 9.92. The van der Waals surface area contributed by atoms with Crippen molar-refractivity contribution in [2.24, 2.45) is 0 Å². The fourth-order valence-electron chi connectivity index (χ4n) is 1.38. The molecule has 0 atom stereocenters. The molecule has 0 fully saturated rings. The van der Waals surface area contributed by atoms with Crippen LogP contribution in [0.3, 0.4) is 0 Å². The maximum absolute atomic E-state index is 10.6. The van der Waals surface area contributed by atoms with Crippen LogP contribution in [-0.4, -0.2) is 23.0 Å². The molecule has 0 aliphatic carbocycles. The summed E-state index contributed by atoms with van der Waals surface area (Å²) in [5.41, 5.74) is 0.141. The number of hydrogen-bond donors (Lipinski definition) is 2. The van der Waals surface area contributed by atoms with Gasteiger partial charge in [0, 0.05) is 6.07 Å². The van der Waals surface area contributed by atoms with Gasteiger partial charge in [-0.05, 0) is 0 Å². The fraction of sp³-hybridized carbons (Fsp3) is 0.222. The zero-order valence-corrected chi connectivity index (χ0v) is 8.24. The number of rotatable bonds is 2. The summed E-state index contributed by atoms with van der Waals surface area (Å²) in [5.74, 6) is -0.748. The molecular formula is C9H7ClO5. The normalized spacial score (nSPS) is 12.9. The summed E-state index contributed by atoms with van der Waals surface area (Å²) in [4.78, 5) is 10.6. The first-order chi connectivity index (χ1) is 7.09. The Bertz CT molecular complexity index is 429. The summed E-state index contributed by atoms with van der Waals surface area (Å²) >= 11 is 5.70. The number of benzene rings is 1. The molecule has 1 aromatic rings. The van der Waals surface area contributed by atoms with Gasteiger partial charge in [-0.3, -0.25) is 4.79 Å². The molecule has 0 spiro atoms. The van der Waals surface area contributed by atoms with E-state index in [1.54, 1.807) is 0 Å². The molecule has 0 aromatic heterocycles. The van der Waals surface area contributed by atoms with E-state index in [1.807, 2.05) is 0 Å². The van der Waals surface area contributed by atoms with Crippen LogP contribution in [0.15, 0.2) is 6.07 Å². The first-order valence-electron chi connectivity index (χ1n) is 4.11. The van der Waals surface area contributed by atoms with Crippen molar-refractivity contribution in [1.82, 2.24) is 0 Å². The largest absolute Gasteiger partial charge is 0.506 e. The molecule has 2 N–H and O–H groups in total. The number of aromatic hydroxyl groups is 1. The number of carbonyl (C=O) groups is 1. The summed E-state index contributed by atoms with van der Waals surface area (Å²) < 4.78 is 10.1. The maximum Gasteiger partial charge on any atom is 0.308 e. The fourth-order valence-corrected chi connectivity index (χ4v) is 1.60. The van der Waals surface area contributed by atoms with E-state index >= 15 is 0 Å². The Labute approximate surface area is 89.8 Å². The molecule has 0 bridgehead atoms. The second-order valence-electron chi connectivity index (χ2n) is 2.99. The third kappa shape index (κ3) is 1.66. The number of carboxylic acids is 1. The van der Waals surface area contributed by atoms with Gasteiger partial charge in [-0.2, -0.15) is 0 Å². The molecule has 0 saturated carbocycles. The molecular weight excluding hydrogens is 224 g/mol. The standard InChI is InChI=1S/C9H7ClO5/c10-5-2-6-9(15-3-14-6)4(8(5)13)1-7(11)12/h2,13H,1,3H2,(H,11,12). The van der Waals surface area contributed by atoms with Crippen molar-refractivity contribution in [3.63, 3.8) is 0 Å². The van der Waals surface area contributed by atoms with E-state index in [0.717, 1.165) is 0 Å². The van der Waals surface area contributed by atoms with Crippen molar-refractivity contribution < 1.29 is 24.5 Å². The molecule has 0 unspecified atom stereocenters. The van der Waals surface area contributed by atoms with Gasteiger partial charge in [0.15, 0.2) is 11.5 Å². The van der Waals surface area contributed by atoms with E-state index in [0.29, 0.717) is 5.75 Å². The molecule has 0 saturated heterocycles. The molecule has 6 heteroatoms. The van der Waals surface area contributed by atoms with Crippen LogP contribution in [-0.2, 0) is 11.2 Å². The maximum atomic E-state index is 10.6. The number of aliphatic carboxylic acids is 1. The van der Waals surface area contributed by atoms with Crippen molar-refractivity contribution >= 4 is 17.6 Å². The van der Waals surface area contributed by atoms with Gasteiger partial charge in [0.2, 0.25) is 6.79 Å². The minimum atomic E-state index is -1.08. The third-order valence-electron chi connectivity index (χ3n) is 2.01. The van der Waals surface area contributed by atoms with Gasteiger partial charge in [-0.15, -0.1) is 0 Å². The highest BCUT2D eigenvalue weighted by molar-refractivity contribution is 6.32. The van der Waals surface area contributed by atoms with Crippen molar-refractivity contribution in [2.45, 2.75) is 6.42 Å². The van der Waals surface area contributed by atoms with E-state index < -0.39 is 5.97 Å².